The predicted octanol–water partition coefficient (Wildman–Crippen LogP) is 12.5. The van der Waals surface area contributed by atoms with Gasteiger partial charge >= 0.3 is 11.9 Å². The van der Waals surface area contributed by atoms with Crippen LogP contribution < -0.4 is 10.0 Å². The third-order valence-electron chi connectivity index (χ3n) is 12.0. The predicted molar refractivity (Wildman–Crippen MR) is 256 cm³/mol. The highest BCUT2D eigenvalue weighted by Gasteiger charge is 2.17. The molecule has 0 aromatic carbocycles. The van der Waals surface area contributed by atoms with Crippen molar-refractivity contribution in [2.45, 2.75) is 265 Å². The molecule has 0 saturated carbocycles. The zero-order chi connectivity index (χ0) is 45.1. The molecule has 2 N–H and O–H groups in total. The second-order valence-electron chi connectivity index (χ2n) is 17.9. The van der Waals surface area contributed by atoms with Crippen LogP contribution in [-0.2, 0) is 33.9 Å². The standard InChI is InChI=1S/C50H99N3O7S/c1-6-10-13-16-21-28-36-46(9-4)59-49(55)39-31-24-19-26-33-42-53(44-35-41-52-61(57,58)45-48(54)51-5)43-34-27-20-25-32-40-50(56)60-47(37-29-22-17-14-11-7-2)38-30-23-18-15-12-8-3/h46-47,52H,6-45H2,1-5H3,(H,51,54). The lowest BCUT2D eigenvalue weighted by Gasteiger charge is -2.22. The van der Waals surface area contributed by atoms with E-state index < -0.39 is 21.7 Å². The summed E-state index contributed by atoms with van der Waals surface area (Å²) in [6, 6.07) is 0. The van der Waals surface area contributed by atoms with Gasteiger partial charge in [0.25, 0.3) is 0 Å². The summed E-state index contributed by atoms with van der Waals surface area (Å²) in [4.78, 5) is 39.3. The van der Waals surface area contributed by atoms with Crippen LogP contribution in [0, 0.1) is 0 Å². The van der Waals surface area contributed by atoms with Crippen LogP contribution in [0.15, 0.2) is 0 Å². The van der Waals surface area contributed by atoms with Gasteiger partial charge in [-0.05, 0) is 96.7 Å². The number of nitrogens with one attached hydrogen (secondary N) is 2. The van der Waals surface area contributed by atoms with Crippen molar-refractivity contribution in [3.8, 4) is 0 Å². The normalized spacial score (nSPS) is 12.3. The van der Waals surface area contributed by atoms with Gasteiger partial charge in [0.1, 0.15) is 18.0 Å². The number of unbranched alkanes of at least 4 members (excludes halogenated alkanes) is 23. The van der Waals surface area contributed by atoms with Gasteiger partial charge in [0.15, 0.2) is 0 Å². The molecule has 0 spiro atoms. The van der Waals surface area contributed by atoms with Gasteiger partial charge in [-0.3, -0.25) is 14.4 Å². The number of carbonyl (C=O) groups is 3. The zero-order valence-corrected chi connectivity index (χ0v) is 41.5. The van der Waals surface area contributed by atoms with E-state index in [1.807, 2.05) is 0 Å². The molecule has 1 atom stereocenters. The van der Waals surface area contributed by atoms with Crippen LogP contribution >= 0.6 is 0 Å². The van der Waals surface area contributed by atoms with Crippen LogP contribution in [-0.4, -0.2) is 82.4 Å². The Labute approximate surface area is 377 Å². The monoisotopic (exact) mass is 886 g/mol. The summed E-state index contributed by atoms with van der Waals surface area (Å²) in [6.45, 7) is 11.8. The Kier molecular flexibility index (Phi) is 42.3. The van der Waals surface area contributed by atoms with E-state index in [0.29, 0.717) is 25.8 Å². The summed E-state index contributed by atoms with van der Waals surface area (Å²) in [6.07, 6.45) is 38.5. The molecule has 0 bridgehead atoms. The maximum Gasteiger partial charge on any atom is 0.306 e. The minimum Gasteiger partial charge on any atom is -0.462 e. The summed E-state index contributed by atoms with van der Waals surface area (Å²) >= 11 is 0. The lowest BCUT2D eigenvalue weighted by molar-refractivity contribution is -0.150. The van der Waals surface area contributed by atoms with Gasteiger partial charge in [-0.25, -0.2) is 13.1 Å². The maximum absolute atomic E-state index is 12.8. The van der Waals surface area contributed by atoms with E-state index in [4.69, 9.17) is 9.47 Å². The second kappa shape index (κ2) is 43.5. The van der Waals surface area contributed by atoms with Crippen LogP contribution in [0.2, 0.25) is 0 Å². The lowest BCUT2D eigenvalue weighted by atomic mass is 10.0. The van der Waals surface area contributed by atoms with E-state index >= 15 is 0 Å². The molecule has 0 heterocycles. The lowest BCUT2D eigenvalue weighted by Crippen LogP contribution is -2.36. The van der Waals surface area contributed by atoms with E-state index in [9.17, 15) is 22.8 Å². The highest BCUT2D eigenvalue weighted by Crippen LogP contribution is 2.19. The first kappa shape index (κ1) is 59.3. The second-order valence-corrected chi connectivity index (χ2v) is 19.7. The highest BCUT2D eigenvalue weighted by atomic mass is 32.2. The molecule has 10 nitrogen and oxygen atoms in total. The number of rotatable bonds is 47. The van der Waals surface area contributed by atoms with Crippen molar-refractivity contribution in [3.05, 3.63) is 0 Å². The number of sulfonamides is 1. The van der Waals surface area contributed by atoms with Crippen molar-refractivity contribution < 1.29 is 32.3 Å². The zero-order valence-electron chi connectivity index (χ0n) is 40.7. The fraction of sp³-hybridized carbons (Fsp3) is 0.940. The van der Waals surface area contributed by atoms with Gasteiger partial charge in [-0.2, -0.15) is 0 Å². The van der Waals surface area contributed by atoms with Gasteiger partial charge in [0.05, 0.1) is 0 Å². The van der Waals surface area contributed by atoms with Crippen LogP contribution in [0.25, 0.3) is 0 Å². The molecule has 0 saturated heterocycles. The van der Waals surface area contributed by atoms with Crippen molar-refractivity contribution in [3.63, 3.8) is 0 Å². The molecular formula is C50H99N3O7S. The van der Waals surface area contributed by atoms with Gasteiger partial charge in [0, 0.05) is 26.4 Å². The van der Waals surface area contributed by atoms with Gasteiger partial charge in [0.2, 0.25) is 15.9 Å². The Morgan fingerprint density at radius 1 is 0.475 bits per heavy atom. The van der Waals surface area contributed by atoms with E-state index in [-0.39, 0.29) is 24.1 Å². The Hall–Kier alpha value is -1.72. The number of hydrogen-bond donors (Lipinski definition) is 2. The maximum atomic E-state index is 12.8. The molecule has 11 heteroatoms. The number of carbonyl (C=O) groups excluding carboxylic acids is 3. The molecule has 0 fully saturated rings. The van der Waals surface area contributed by atoms with Crippen molar-refractivity contribution in [1.82, 2.24) is 14.9 Å². The quantitative estimate of drug-likeness (QED) is 0.0456. The molecule has 0 aliphatic heterocycles. The Balaban J connectivity index is 4.63. The highest BCUT2D eigenvalue weighted by molar-refractivity contribution is 7.90. The average Bonchev–Trinajstić information content (AvgIpc) is 3.24. The summed E-state index contributed by atoms with van der Waals surface area (Å²) in [5, 5.41) is 2.37. The number of nitrogens with zero attached hydrogens (tertiary/aromatic N) is 1. The molecule has 0 radical (unpaired) electrons. The molecule has 0 aromatic heterocycles. The van der Waals surface area contributed by atoms with Crippen molar-refractivity contribution in [2.24, 2.45) is 0 Å². The van der Waals surface area contributed by atoms with Crippen molar-refractivity contribution in [1.29, 1.82) is 0 Å². The number of hydrogen-bond acceptors (Lipinski definition) is 8. The van der Waals surface area contributed by atoms with E-state index in [1.54, 1.807) is 0 Å². The van der Waals surface area contributed by atoms with Crippen LogP contribution in [0.3, 0.4) is 0 Å². The summed E-state index contributed by atoms with van der Waals surface area (Å²) in [5.74, 6) is -1.16. The summed E-state index contributed by atoms with van der Waals surface area (Å²) < 4.78 is 38.9. The van der Waals surface area contributed by atoms with Crippen LogP contribution in [0.1, 0.15) is 252 Å². The van der Waals surface area contributed by atoms with Crippen LogP contribution in [0.5, 0.6) is 0 Å². The largest absolute Gasteiger partial charge is 0.462 e. The minimum absolute atomic E-state index is 0.0250. The Morgan fingerprint density at radius 3 is 1.26 bits per heavy atom. The molecule has 1 amide bonds. The van der Waals surface area contributed by atoms with Crippen molar-refractivity contribution >= 4 is 27.9 Å². The molecule has 0 aliphatic carbocycles. The topological polar surface area (TPSA) is 131 Å². The molecule has 0 rings (SSSR count). The Bertz CT molecular complexity index is 1110. The first-order valence-corrected chi connectivity index (χ1v) is 27.5. The third-order valence-corrected chi connectivity index (χ3v) is 13.3. The molecule has 1 unspecified atom stereocenters. The SMILES string of the molecule is CCCCCCCCC(CC)OC(=O)CCCCCCCN(CCCCCCCC(=O)OC(CCCCCCCC)CCCCCCCC)CCCNS(=O)(=O)CC(=O)NC. The first-order valence-electron chi connectivity index (χ1n) is 25.9. The average molecular weight is 886 g/mol. The minimum atomic E-state index is -3.65. The number of ether oxygens (including phenoxy) is 2. The molecular weight excluding hydrogens is 787 g/mol. The van der Waals surface area contributed by atoms with Gasteiger partial charge in [-0.1, -0.05) is 163 Å². The smallest absolute Gasteiger partial charge is 0.306 e. The molecule has 0 aromatic rings. The Morgan fingerprint density at radius 2 is 0.836 bits per heavy atom. The van der Waals surface area contributed by atoms with Crippen molar-refractivity contribution in [2.75, 3.05) is 39.0 Å². The summed E-state index contributed by atoms with van der Waals surface area (Å²) in [7, 11) is -2.22. The molecule has 61 heavy (non-hydrogen) atoms. The van der Waals surface area contributed by atoms with Gasteiger partial charge in [-0.15, -0.1) is 0 Å². The van der Waals surface area contributed by atoms with E-state index in [1.165, 1.54) is 103 Å². The van der Waals surface area contributed by atoms with E-state index in [2.05, 4.69) is 42.6 Å². The summed E-state index contributed by atoms with van der Waals surface area (Å²) in [5.41, 5.74) is 0. The van der Waals surface area contributed by atoms with Gasteiger partial charge < -0.3 is 19.7 Å². The first-order chi connectivity index (χ1) is 29.6. The molecule has 362 valence electrons. The van der Waals surface area contributed by atoms with E-state index in [0.717, 1.165) is 129 Å². The third kappa shape index (κ3) is 40.8. The fourth-order valence-electron chi connectivity index (χ4n) is 7.99. The molecule has 0 aliphatic rings. The number of amides is 1. The fourth-order valence-corrected chi connectivity index (χ4v) is 9.03. The number of esters is 2. The van der Waals surface area contributed by atoms with Crippen LogP contribution in [0.4, 0.5) is 0 Å².